The molecule has 6 heteroatoms. The monoisotopic (exact) mass is 590 g/mol. The molecular weight excluding hydrogens is 528 g/mol. The second-order valence-corrected chi connectivity index (χ2v) is 11.6. The van der Waals surface area contributed by atoms with Crippen LogP contribution in [0.2, 0.25) is 0 Å². The number of rotatable bonds is 29. The van der Waals surface area contributed by atoms with Crippen molar-refractivity contribution >= 4 is 11.9 Å². The summed E-state index contributed by atoms with van der Waals surface area (Å²) in [5.74, 6) is -0.670. The number of allylic oxidation sites excluding steroid dienone is 5. The second kappa shape index (κ2) is 27.9. The van der Waals surface area contributed by atoms with Crippen LogP contribution in [0.15, 0.2) is 36.5 Å². The van der Waals surface area contributed by atoms with E-state index in [-0.39, 0.29) is 37.4 Å². The molecule has 0 aromatic carbocycles. The molecule has 0 aromatic heterocycles. The zero-order valence-electron chi connectivity index (χ0n) is 26.9. The maximum atomic E-state index is 12.1. The van der Waals surface area contributed by atoms with Crippen LogP contribution in [0.4, 0.5) is 0 Å². The molecule has 2 unspecified atom stereocenters. The molecule has 0 saturated carbocycles. The lowest BCUT2D eigenvalue weighted by Crippen LogP contribution is -2.28. The highest BCUT2D eigenvalue weighted by Crippen LogP contribution is 2.30. The Morgan fingerprint density at radius 2 is 1.26 bits per heavy atom. The SMILES string of the molecule is CCCCC/C=C\C/C=C\C/C=C\CC1OC1CCCC(=O)OC[C@H](CO)OC(=O)CCCCCCCCCCCC. The van der Waals surface area contributed by atoms with Gasteiger partial charge in [-0.05, 0) is 51.4 Å². The third kappa shape index (κ3) is 23.6. The number of hydrogen-bond donors (Lipinski definition) is 1. The van der Waals surface area contributed by atoms with Crippen molar-refractivity contribution in [3.8, 4) is 0 Å². The molecule has 1 saturated heterocycles. The maximum Gasteiger partial charge on any atom is 0.306 e. The molecule has 1 rings (SSSR count). The number of unbranched alkanes of at least 4 members (excludes halogenated alkanes) is 12. The predicted molar refractivity (Wildman–Crippen MR) is 172 cm³/mol. The first kappa shape index (κ1) is 38.1. The smallest absolute Gasteiger partial charge is 0.306 e. The van der Waals surface area contributed by atoms with E-state index in [4.69, 9.17) is 14.2 Å². The van der Waals surface area contributed by atoms with Gasteiger partial charge in [0.2, 0.25) is 0 Å². The Morgan fingerprint density at radius 1 is 0.690 bits per heavy atom. The average molecular weight is 591 g/mol. The van der Waals surface area contributed by atoms with Gasteiger partial charge in [0.15, 0.2) is 6.10 Å². The fraction of sp³-hybridized carbons (Fsp3) is 0.778. The molecule has 0 radical (unpaired) electrons. The van der Waals surface area contributed by atoms with Crippen LogP contribution in [0.25, 0.3) is 0 Å². The second-order valence-electron chi connectivity index (χ2n) is 11.6. The van der Waals surface area contributed by atoms with Gasteiger partial charge in [0.1, 0.15) is 6.61 Å². The third-order valence-electron chi connectivity index (χ3n) is 7.61. The Morgan fingerprint density at radius 3 is 1.93 bits per heavy atom. The van der Waals surface area contributed by atoms with Gasteiger partial charge in [-0.25, -0.2) is 0 Å². The lowest BCUT2D eigenvalue weighted by atomic mass is 10.1. The van der Waals surface area contributed by atoms with Crippen molar-refractivity contribution in [3.63, 3.8) is 0 Å². The zero-order chi connectivity index (χ0) is 30.5. The topological polar surface area (TPSA) is 85.4 Å². The first-order valence-corrected chi connectivity index (χ1v) is 17.2. The van der Waals surface area contributed by atoms with Crippen molar-refractivity contribution in [2.75, 3.05) is 13.2 Å². The molecule has 1 heterocycles. The van der Waals surface area contributed by atoms with E-state index < -0.39 is 6.10 Å². The summed E-state index contributed by atoms with van der Waals surface area (Å²) in [6.07, 6.45) is 35.1. The van der Waals surface area contributed by atoms with Gasteiger partial charge in [0, 0.05) is 12.8 Å². The maximum absolute atomic E-state index is 12.1. The number of aliphatic hydroxyl groups excluding tert-OH is 1. The highest BCUT2D eigenvalue weighted by atomic mass is 16.6. The van der Waals surface area contributed by atoms with Crippen molar-refractivity contribution in [1.29, 1.82) is 0 Å². The molecule has 0 aromatic rings. The first-order valence-electron chi connectivity index (χ1n) is 17.2. The molecule has 0 amide bonds. The van der Waals surface area contributed by atoms with E-state index in [1.54, 1.807) is 0 Å². The summed E-state index contributed by atoms with van der Waals surface area (Å²) >= 11 is 0. The van der Waals surface area contributed by atoms with Crippen LogP contribution in [-0.2, 0) is 23.8 Å². The van der Waals surface area contributed by atoms with Crippen molar-refractivity contribution in [1.82, 2.24) is 0 Å². The van der Waals surface area contributed by atoms with Gasteiger partial charge in [-0.15, -0.1) is 0 Å². The van der Waals surface area contributed by atoms with Gasteiger partial charge in [0.05, 0.1) is 18.8 Å². The van der Waals surface area contributed by atoms with Gasteiger partial charge < -0.3 is 19.3 Å². The van der Waals surface area contributed by atoms with Gasteiger partial charge in [-0.2, -0.15) is 0 Å². The van der Waals surface area contributed by atoms with Crippen LogP contribution < -0.4 is 0 Å². The molecule has 0 aliphatic carbocycles. The summed E-state index contributed by atoms with van der Waals surface area (Å²) < 4.78 is 16.2. The minimum atomic E-state index is -0.797. The van der Waals surface area contributed by atoms with E-state index in [0.29, 0.717) is 19.3 Å². The Balaban J connectivity index is 1.98. The Labute approximate surface area is 257 Å². The highest BCUT2D eigenvalue weighted by molar-refractivity contribution is 5.70. The Hall–Kier alpha value is -1.92. The van der Waals surface area contributed by atoms with E-state index in [1.165, 1.54) is 70.6 Å². The molecule has 0 bridgehead atoms. The summed E-state index contributed by atoms with van der Waals surface area (Å²) in [5, 5.41) is 9.51. The van der Waals surface area contributed by atoms with Crippen LogP contribution in [-0.4, -0.2) is 48.6 Å². The minimum absolute atomic E-state index is 0.101. The van der Waals surface area contributed by atoms with Crippen molar-refractivity contribution < 1.29 is 28.9 Å². The van der Waals surface area contributed by atoms with E-state index >= 15 is 0 Å². The zero-order valence-corrected chi connectivity index (χ0v) is 26.9. The third-order valence-corrected chi connectivity index (χ3v) is 7.61. The lowest BCUT2D eigenvalue weighted by Gasteiger charge is -2.15. The van der Waals surface area contributed by atoms with Crippen LogP contribution in [0.1, 0.15) is 149 Å². The summed E-state index contributed by atoms with van der Waals surface area (Å²) in [7, 11) is 0. The molecule has 42 heavy (non-hydrogen) atoms. The standard InChI is InChI=1S/C36H62O6/c1-3-5-7-9-11-13-15-16-17-19-21-23-26-33-34(42-33)27-25-29-35(38)40-31-32(30-37)41-36(39)28-24-22-20-18-14-12-10-8-6-4-2/h11,13,16-17,21,23,32-34,37H,3-10,12,14-15,18-20,22,24-31H2,1-2H3/b13-11-,17-16-,23-21-/t32-,33?,34?/m0/s1. The number of carbonyl (C=O) groups excluding carboxylic acids is 2. The highest BCUT2D eigenvalue weighted by Gasteiger charge is 2.36. The van der Waals surface area contributed by atoms with Gasteiger partial charge >= 0.3 is 11.9 Å². The molecule has 0 spiro atoms. The number of esters is 2. The number of carbonyl (C=O) groups is 2. The first-order chi connectivity index (χ1) is 20.6. The van der Waals surface area contributed by atoms with Crippen molar-refractivity contribution in [2.45, 2.75) is 167 Å². The van der Waals surface area contributed by atoms with E-state index in [0.717, 1.165) is 44.9 Å². The van der Waals surface area contributed by atoms with Gasteiger partial charge in [-0.1, -0.05) is 121 Å². The molecule has 1 fully saturated rings. The minimum Gasteiger partial charge on any atom is -0.462 e. The molecule has 1 N–H and O–H groups in total. The van der Waals surface area contributed by atoms with Crippen LogP contribution in [0.3, 0.4) is 0 Å². The molecule has 1 aliphatic heterocycles. The van der Waals surface area contributed by atoms with Gasteiger partial charge in [0.25, 0.3) is 0 Å². The van der Waals surface area contributed by atoms with Crippen molar-refractivity contribution in [2.24, 2.45) is 0 Å². The van der Waals surface area contributed by atoms with Gasteiger partial charge in [-0.3, -0.25) is 9.59 Å². The summed E-state index contributed by atoms with van der Waals surface area (Å²) in [6, 6.07) is 0. The summed E-state index contributed by atoms with van der Waals surface area (Å²) in [6.45, 7) is 4.01. The average Bonchev–Trinajstić information content (AvgIpc) is 3.74. The Bertz CT molecular complexity index is 743. The molecule has 1 aliphatic rings. The Kier molecular flexibility index (Phi) is 25.3. The predicted octanol–water partition coefficient (Wildman–Crippen LogP) is 9.10. The van der Waals surface area contributed by atoms with Crippen LogP contribution >= 0.6 is 0 Å². The fourth-order valence-electron chi connectivity index (χ4n) is 4.87. The molecule has 6 nitrogen and oxygen atoms in total. The molecule has 3 atom stereocenters. The van der Waals surface area contributed by atoms with E-state index in [1.807, 2.05) is 0 Å². The van der Waals surface area contributed by atoms with Crippen LogP contribution in [0.5, 0.6) is 0 Å². The molecule has 242 valence electrons. The lowest BCUT2D eigenvalue weighted by molar-refractivity contribution is -0.161. The van der Waals surface area contributed by atoms with Crippen LogP contribution in [0, 0.1) is 0 Å². The number of epoxide rings is 1. The summed E-state index contributed by atoms with van der Waals surface area (Å²) in [5.41, 5.74) is 0. The van der Waals surface area contributed by atoms with E-state index in [9.17, 15) is 14.7 Å². The summed E-state index contributed by atoms with van der Waals surface area (Å²) in [4.78, 5) is 24.2. The quantitative estimate of drug-likeness (QED) is 0.0405. The number of ether oxygens (including phenoxy) is 3. The van der Waals surface area contributed by atoms with E-state index in [2.05, 4.69) is 50.3 Å². The number of hydrogen-bond acceptors (Lipinski definition) is 6. The fourth-order valence-corrected chi connectivity index (χ4v) is 4.87. The van der Waals surface area contributed by atoms with Crippen molar-refractivity contribution in [3.05, 3.63) is 36.5 Å². The number of aliphatic hydroxyl groups is 1. The molecular formula is C36H62O6. The normalized spacial score (nSPS) is 17.4. The largest absolute Gasteiger partial charge is 0.462 e.